The van der Waals surface area contributed by atoms with E-state index in [1.807, 2.05) is 12.1 Å². The molecule has 0 saturated heterocycles. The second-order valence-corrected chi connectivity index (χ2v) is 8.23. The van der Waals surface area contributed by atoms with Gasteiger partial charge in [0.2, 0.25) is 0 Å². The molecule has 2 heteroatoms. The average Bonchev–Trinajstić information content (AvgIpc) is 2.72. The first-order chi connectivity index (χ1) is 13.9. The van der Waals surface area contributed by atoms with E-state index in [1.54, 1.807) is 0 Å². The highest BCUT2D eigenvalue weighted by molar-refractivity contribution is 5.33. The van der Waals surface area contributed by atoms with Gasteiger partial charge in [0.1, 0.15) is 12.4 Å². The van der Waals surface area contributed by atoms with E-state index in [0.29, 0.717) is 6.61 Å². The quantitative estimate of drug-likeness (QED) is 0.230. The van der Waals surface area contributed by atoms with Crippen LogP contribution in [0.2, 0.25) is 0 Å². The van der Waals surface area contributed by atoms with E-state index >= 15 is 0 Å². The van der Waals surface area contributed by atoms with E-state index < -0.39 is 0 Å². The van der Waals surface area contributed by atoms with Gasteiger partial charge in [-0.3, -0.25) is 0 Å². The molecule has 1 rings (SSSR count). The lowest BCUT2D eigenvalue weighted by atomic mass is 10.0. The van der Waals surface area contributed by atoms with Crippen LogP contribution in [0.15, 0.2) is 24.3 Å². The van der Waals surface area contributed by atoms with Gasteiger partial charge < -0.3 is 9.84 Å². The Bertz CT molecular complexity index is 444. The highest BCUT2D eigenvalue weighted by Crippen LogP contribution is 2.21. The summed E-state index contributed by atoms with van der Waals surface area (Å²) >= 11 is 0. The molecule has 0 aliphatic heterocycles. The average molecular weight is 391 g/mol. The monoisotopic (exact) mass is 390 g/mol. The van der Waals surface area contributed by atoms with E-state index in [2.05, 4.69) is 19.1 Å². The van der Waals surface area contributed by atoms with Gasteiger partial charge in [0.25, 0.3) is 0 Å². The van der Waals surface area contributed by atoms with Gasteiger partial charge in [0, 0.05) is 0 Å². The van der Waals surface area contributed by atoms with Crippen LogP contribution >= 0.6 is 0 Å². The predicted molar refractivity (Wildman–Crippen MR) is 122 cm³/mol. The molecule has 0 spiro atoms. The molecule has 0 saturated carbocycles. The van der Waals surface area contributed by atoms with Crippen LogP contribution in [-0.4, -0.2) is 18.3 Å². The third kappa shape index (κ3) is 14.0. The molecule has 0 amide bonds. The zero-order valence-corrected chi connectivity index (χ0v) is 18.6. The van der Waals surface area contributed by atoms with Gasteiger partial charge in [-0.1, -0.05) is 121 Å². The Kier molecular flexibility index (Phi) is 17.2. The van der Waals surface area contributed by atoms with Crippen molar-refractivity contribution in [2.45, 2.75) is 116 Å². The predicted octanol–water partition coefficient (Wildman–Crippen LogP) is 7.86. The minimum absolute atomic E-state index is 0.0768. The van der Waals surface area contributed by atoms with Crippen molar-refractivity contribution in [3.05, 3.63) is 29.8 Å². The lowest BCUT2D eigenvalue weighted by Crippen LogP contribution is -2.03. The molecule has 0 radical (unpaired) electrons. The van der Waals surface area contributed by atoms with Crippen LogP contribution in [-0.2, 0) is 6.42 Å². The number of aliphatic hydroxyl groups excluding tert-OH is 1. The second kappa shape index (κ2) is 19.3. The first-order valence-electron chi connectivity index (χ1n) is 12.2. The zero-order chi connectivity index (χ0) is 20.1. The third-order valence-electron chi connectivity index (χ3n) is 5.62. The van der Waals surface area contributed by atoms with Crippen molar-refractivity contribution in [1.82, 2.24) is 0 Å². The van der Waals surface area contributed by atoms with Crippen LogP contribution in [0, 0.1) is 0 Å². The van der Waals surface area contributed by atoms with Crippen LogP contribution in [0.1, 0.15) is 115 Å². The Morgan fingerprint density at radius 2 is 1.11 bits per heavy atom. The van der Waals surface area contributed by atoms with Crippen molar-refractivity contribution in [2.75, 3.05) is 13.2 Å². The zero-order valence-electron chi connectivity index (χ0n) is 18.6. The molecule has 0 bridgehead atoms. The fourth-order valence-electron chi connectivity index (χ4n) is 3.87. The minimum Gasteiger partial charge on any atom is -0.491 e. The fraction of sp³-hybridized carbons (Fsp3) is 0.769. The van der Waals surface area contributed by atoms with Gasteiger partial charge in [-0.15, -0.1) is 0 Å². The summed E-state index contributed by atoms with van der Waals surface area (Å²) in [6.45, 7) is 2.75. The molecule has 1 aromatic carbocycles. The molecule has 162 valence electrons. The Morgan fingerprint density at radius 3 is 1.61 bits per heavy atom. The highest BCUT2D eigenvalue weighted by Gasteiger charge is 2.02. The largest absolute Gasteiger partial charge is 0.491 e. The van der Waals surface area contributed by atoms with Gasteiger partial charge in [-0.05, 0) is 24.5 Å². The maximum Gasteiger partial charge on any atom is 0.122 e. The summed E-state index contributed by atoms with van der Waals surface area (Å²) in [5.41, 5.74) is 1.28. The smallest absolute Gasteiger partial charge is 0.122 e. The number of aliphatic hydroxyl groups is 1. The van der Waals surface area contributed by atoms with Gasteiger partial charge in [0.05, 0.1) is 6.61 Å². The van der Waals surface area contributed by atoms with Crippen molar-refractivity contribution in [3.63, 3.8) is 0 Å². The van der Waals surface area contributed by atoms with Crippen molar-refractivity contribution in [1.29, 1.82) is 0 Å². The molecule has 0 atom stereocenters. The first kappa shape index (κ1) is 25.0. The summed E-state index contributed by atoms with van der Waals surface area (Å²) in [4.78, 5) is 0. The summed E-state index contributed by atoms with van der Waals surface area (Å²) in [5.74, 6) is 0.942. The summed E-state index contributed by atoms with van der Waals surface area (Å²) in [5, 5.41) is 8.92. The Balaban J connectivity index is 1.86. The molecule has 0 unspecified atom stereocenters. The summed E-state index contributed by atoms with van der Waals surface area (Å²) in [7, 11) is 0. The minimum atomic E-state index is 0.0768. The molecule has 28 heavy (non-hydrogen) atoms. The molecule has 2 nitrogen and oxygen atoms in total. The molecule has 1 N–H and O–H groups in total. The lowest BCUT2D eigenvalue weighted by Gasteiger charge is -2.10. The first-order valence-corrected chi connectivity index (χ1v) is 12.2. The van der Waals surface area contributed by atoms with Gasteiger partial charge >= 0.3 is 0 Å². The summed E-state index contributed by atoms with van der Waals surface area (Å²) in [6, 6.07) is 8.24. The summed E-state index contributed by atoms with van der Waals surface area (Å²) in [6.07, 6.45) is 23.6. The van der Waals surface area contributed by atoms with E-state index in [0.717, 1.165) is 12.2 Å². The van der Waals surface area contributed by atoms with Crippen molar-refractivity contribution < 1.29 is 9.84 Å². The van der Waals surface area contributed by atoms with E-state index in [1.165, 1.54) is 108 Å². The van der Waals surface area contributed by atoms with Gasteiger partial charge in [0.15, 0.2) is 0 Å². The van der Waals surface area contributed by atoms with E-state index in [9.17, 15) is 0 Å². The van der Waals surface area contributed by atoms with Crippen LogP contribution in [0.5, 0.6) is 5.75 Å². The molecule has 0 fully saturated rings. The molecule has 1 aromatic rings. The van der Waals surface area contributed by atoms with Crippen LogP contribution in [0.25, 0.3) is 0 Å². The fourth-order valence-corrected chi connectivity index (χ4v) is 3.87. The Labute approximate surface area is 175 Å². The molecule has 0 aliphatic carbocycles. The Morgan fingerprint density at radius 1 is 0.643 bits per heavy atom. The summed E-state index contributed by atoms with van der Waals surface area (Å²) < 4.78 is 5.62. The lowest BCUT2D eigenvalue weighted by molar-refractivity contribution is 0.200. The number of benzene rings is 1. The molecular formula is C26H46O2. The number of unbranched alkanes of at least 4 members (excludes halogenated alkanes) is 15. The van der Waals surface area contributed by atoms with E-state index in [-0.39, 0.29) is 6.61 Å². The van der Waals surface area contributed by atoms with Crippen molar-refractivity contribution >= 4 is 0 Å². The highest BCUT2D eigenvalue weighted by atomic mass is 16.5. The topological polar surface area (TPSA) is 29.5 Å². The van der Waals surface area contributed by atoms with Crippen LogP contribution in [0.4, 0.5) is 0 Å². The van der Waals surface area contributed by atoms with Crippen LogP contribution < -0.4 is 4.74 Å². The van der Waals surface area contributed by atoms with Crippen LogP contribution in [0.3, 0.4) is 0 Å². The van der Waals surface area contributed by atoms with Crippen molar-refractivity contribution in [2.24, 2.45) is 0 Å². The number of aryl methyl sites for hydroxylation is 1. The Hall–Kier alpha value is -1.02. The number of para-hydroxylation sites is 1. The molecule has 0 aromatic heterocycles. The third-order valence-corrected chi connectivity index (χ3v) is 5.62. The standard InChI is InChI=1S/C26H46O2/c1-2-3-4-5-6-7-8-9-10-11-12-13-14-15-16-17-20-25-21-18-19-22-26(25)28-24-23-27/h18-19,21-22,27H,2-17,20,23-24H2,1H3. The SMILES string of the molecule is CCCCCCCCCCCCCCCCCCc1ccccc1OCCO. The molecular weight excluding hydrogens is 344 g/mol. The number of hydrogen-bond donors (Lipinski definition) is 1. The maximum absolute atomic E-state index is 8.92. The van der Waals surface area contributed by atoms with E-state index in [4.69, 9.17) is 9.84 Å². The normalized spacial score (nSPS) is 11.1. The van der Waals surface area contributed by atoms with Crippen molar-refractivity contribution in [3.8, 4) is 5.75 Å². The number of rotatable bonds is 20. The molecule has 0 aliphatic rings. The molecule has 0 heterocycles. The number of ether oxygens (including phenoxy) is 1. The van der Waals surface area contributed by atoms with Gasteiger partial charge in [-0.2, -0.15) is 0 Å². The maximum atomic E-state index is 8.92. The number of hydrogen-bond acceptors (Lipinski definition) is 2. The van der Waals surface area contributed by atoms with Gasteiger partial charge in [-0.25, -0.2) is 0 Å². The second-order valence-electron chi connectivity index (χ2n) is 8.23.